The van der Waals surface area contributed by atoms with E-state index in [2.05, 4.69) is 70.6 Å². The zero-order valence-electron chi connectivity index (χ0n) is 12.2. The van der Waals surface area contributed by atoms with E-state index in [0.717, 1.165) is 29.6 Å². The molecule has 110 valence electrons. The van der Waals surface area contributed by atoms with Crippen LogP contribution >= 0.6 is 15.9 Å². The minimum absolute atomic E-state index is 0.227. The van der Waals surface area contributed by atoms with Gasteiger partial charge in [-0.2, -0.15) is 0 Å². The van der Waals surface area contributed by atoms with E-state index in [1.54, 1.807) is 0 Å². The first kappa shape index (κ1) is 14.6. The summed E-state index contributed by atoms with van der Waals surface area (Å²) in [5.41, 5.74) is 2.59. The third-order valence-corrected chi connectivity index (χ3v) is 4.39. The molecule has 1 aliphatic heterocycles. The molecule has 0 saturated heterocycles. The molecule has 2 aromatic rings. The van der Waals surface area contributed by atoms with E-state index in [4.69, 9.17) is 4.74 Å². The Labute approximate surface area is 134 Å². The largest absolute Gasteiger partial charge is 0.490 e. The van der Waals surface area contributed by atoms with Crippen molar-refractivity contribution in [1.82, 2.24) is 5.32 Å². The van der Waals surface area contributed by atoms with Crippen LogP contribution in [0.5, 0.6) is 5.75 Å². The summed E-state index contributed by atoms with van der Waals surface area (Å²) in [5, 5.41) is 3.58. The average molecular weight is 346 g/mol. The molecule has 2 aromatic carbocycles. The molecule has 0 fully saturated rings. The topological polar surface area (TPSA) is 21.3 Å². The highest BCUT2D eigenvalue weighted by atomic mass is 79.9. The van der Waals surface area contributed by atoms with Gasteiger partial charge in [0.05, 0.1) is 0 Å². The maximum atomic E-state index is 6.21. The molecule has 3 rings (SSSR count). The molecule has 0 spiro atoms. The second-order valence-electron chi connectivity index (χ2n) is 5.46. The SMILES string of the molecule is CCNC1CC(Cc2ccccc2)Oc2ccc(Br)cc21. The van der Waals surface area contributed by atoms with Crippen LogP contribution in [0.25, 0.3) is 0 Å². The van der Waals surface area contributed by atoms with Crippen molar-refractivity contribution in [3.63, 3.8) is 0 Å². The van der Waals surface area contributed by atoms with Crippen LogP contribution in [0, 0.1) is 0 Å². The average Bonchev–Trinajstić information content (AvgIpc) is 2.49. The lowest BCUT2D eigenvalue weighted by molar-refractivity contribution is 0.150. The number of benzene rings is 2. The Morgan fingerprint density at radius 2 is 2.00 bits per heavy atom. The van der Waals surface area contributed by atoms with Gasteiger partial charge in [0.2, 0.25) is 0 Å². The Morgan fingerprint density at radius 3 is 2.76 bits per heavy atom. The van der Waals surface area contributed by atoms with Crippen LogP contribution in [0.4, 0.5) is 0 Å². The van der Waals surface area contributed by atoms with E-state index >= 15 is 0 Å². The van der Waals surface area contributed by atoms with E-state index in [1.807, 2.05) is 6.07 Å². The summed E-state index contributed by atoms with van der Waals surface area (Å²) in [5.74, 6) is 1.01. The Balaban J connectivity index is 1.82. The van der Waals surface area contributed by atoms with Crippen LogP contribution in [-0.2, 0) is 6.42 Å². The molecule has 1 heterocycles. The predicted octanol–water partition coefficient (Wildman–Crippen LogP) is 4.49. The Kier molecular flexibility index (Phi) is 4.61. The lowest BCUT2D eigenvalue weighted by atomic mass is 9.93. The van der Waals surface area contributed by atoms with Gasteiger partial charge in [0.1, 0.15) is 11.9 Å². The summed E-state index contributed by atoms with van der Waals surface area (Å²) >= 11 is 3.55. The highest BCUT2D eigenvalue weighted by molar-refractivity contribution is 9.10. The summed E-state index contributed by atoms with van der Waals surface area (Å²) in [6, 6.07) is 17.2. The van der Waals surface area contributed by atoms with Crippen LogP contribution < -0.4 is 10.1 Å². The van der Waals surface area contributed by atoms with Gasteiger partial charge < -0.3 is 10.1 Å². The maximum absolute atomic E-state index is 6.21. The number of hydrogen-bond acceptors (Lipinski definition) is 2. The molecule has 2 unspecified atom stereocenters. The van der Waals surface area contributed by atoms with Crippen LogP contribution in [0.3, 0.4) is 0 Å². The standard InChI is InChI=1S/C18H20BrNO/c1-2-20-17-12-15(10-13-6-4-3-5-7-13)21-18-9-8-14(19)11-16(17)18/h3-9,11,15,17,20H,2,10,12H2,1H3. The Morgan fingerprint density at radius 1 is 1.19 bits per heavy atom. The first-order valence-electron chi connectivity index (χ1n) is 7.49. The van der Waals surface area contributed by atoms with Gasteiger partial charge >= 0.3 is 0 Å². The second kappa shape index (κ2) is 6.63. The molecular weight excluding hydrogens is 326 g/mol. The zero-order chi connectivity index (χ0) is 14.7. The van der Waals surface area contributed by atoms with Crippen molar-refractivity contribution >= 4 is 15.9 Å². The smallest absolute Gasteiger partial charge is 0.124 e. The molecule has 2 nitrogen and oxygen atoms in total. The molecule has 1 N–H and O–H groups in total. The van der Waals surface area contributed by atoms with Crippen LogP contribution in [0.2, 0.25) is 0 Å². The molecular formula is C18H20BrNO. The van der Waals surface area contributed by atoms with E-state index in [9.17, 15) is 0 Å². The normalized spacial score (nSPS) is 20.7. The van der Waals surface area contributed by atoms with Crippen LogP contribution in [0.15, 0.2) is 53.0 Å². The molecule has 0 saturated carbocycles. The number of ether oxygens (including phenoxy) is 1. The van der Waals surface area contributed by atoms with E-state index in [0.29, 0.717) is 6.04 Å². The predicted molar refractivity (Wildman–Crippen MR) is 89.7 cm³/mol. The zero-order valence-corrected chi connectivity index (χ0v) is 13.8. The van der Waals surface area contributed by atoms with Gasteiger partial charge in [-0.25, -0.2) is 0 Å². The van der Waals surface area contributed by atoms with Crippen LogP contribution in [0.1, 0.15) is 30.5 Å². The number of hydrogen-bond donors (Lipinski definition) is 1. The molecule has 0 aromatic heterocycles. The number of nitrogens with one attached hydrogen (secondary N) is 1. The van der Waals surface area contributed by atoms with Gasteiger partial charge in [0, 0.05) is 28.9 Å². The highest BCUT2D eigenvalue weighted by Crippen LogP contribution is 2.37. The number of halogens is 1. The van der Waals surface area contributed by atoms with Crippen molar-refractivity contribution in [2.45, 2.75) is 31.9 Å². The minimum atomic E-state index is 0.227. The molecule has 0 bridgehead atoms. The van der Waals surface area contributed by atoms with Gasteiger partial charge in [-0.3, -0.25) is 0 Å². The summed E-state index contributed by atoms with van der Waals surface area (Å²) in [6.07, 6.45) is 2.19. The highest BCUT2D eigenvalue weighted by Gasteiger charge is 2.28. The summed E-state index contributed by atoms with van der Waals surface area (Å²) < 4.78 is 7.31. The van der Waals surface area contributed by atoms with E-state index in [-0.39, 0.29) is 6.10 Å². The molecule has 2 atom stereocenters. The van der Waals surface area contributed by atoms with Crippen molar-refractivity contribution in [2.24, 2.45) is 0 Å². The van der Waals surface area contributed by atoms with Gasteiger partial charge in [0.25, 0.3) is 0 Å². The number of fused-ring (bicyclic) bond motifs is 1. The monoisotopic (exact) mass is 345 g/mol. The lowest BCUT2D eigenvalue weighted by Crippen LogP contribution is -2.34. The van der Waals surface area contributed by atoms with Crippen LogP contribution in [-0.4, -0.2) is 12.6 Å². The first-order chi connectivity index (χ1) is 10.3. The summed E-state index contributed by atoms with van der Waals surface area (Å²) in [6.45, 7) is 3.12. The molecule has 0 aliphatic carbocycles. The van der Waals surface area contributed by atoms with Gasteiger partial charge in [-0.1, -0.05) is 53.2 Å². The molecule has 3 heteroatoms. The number of rotatable bonds is 4. The molecule has 21 heavy (non-hydrogen) atoms. The minimum Gasteiger partial charge on any atom is -0.490 e. The van der Waals surface area contributed by atoms with Gasteiger partial charge in [0.15, 0.2) is 0 Å². The first-order valence-corrected chi connectivity index (χ1v) is 8.29. The van der Waals surface area contributed by atoms with E-state index < -0.39 is 0 Å². The molecule has 0 amide bonds. The Hall–Kier alpha value is -1.32. The third-order valence-electron chi connectivity index (χ3n) is 3.90. The molecule has 0 radical (unpaired) electrons. The Bertz CT molecular complexity index is 599. The molecule has 1 aliphatic rings. The summed E-state index contributed by atoms with van der Waals surface area (Å²) in [7, 11) is 0. The van der Waals surface area contributed by atoms with Crippen molar-refractivity contribution in [2.75, 3.05) is 6.54 Å². The maximum Gasteiger partial charge on any atom is 0.124 e. The van der Waals surface area contributed by atoms with Gasteiger partial charge in [-0.15, -0.1) is 0 Å². The van der Waals surface area contributed by atoms with Crippen molar-refractivity contribution in [3.8, 4) is 5.75 Å². The fourth-order valence-electron chi connectivity index (χ4n) is 2.96. The van der Waals surface area contributed by atoms with Crippen molar-refractivity contribution < 1.29 is 4.74 Å². The lowest BCUT2D eigenvalue weighted by Gasteiger charge is -2.33. The third kappa shape index (κ3) is 3.47. The fourth-order valence-corrected chi connectivity index (χ4v) is 3.34. The van der Waals surface area contributed by atoms with Crippen molar-refractivity contribution in [1.29, 1.82) is 0 Å². The fraction of sp³-hybridized carbons (Fsp3) is 0.333. The quantitative estimate of drug-likeness (QED) is 0.881. The second-order valence-corrected chi connectivity index (χ2v) is 6.37. The summed E-state index contributed by atoms with van der Waals surface area (Å²) in [4.78, 5) is 0. The van der Waals surface area contributed by atoms with Crippen molar-refractivity contribution in [3.05, 3.63) is 64.1 Å². The van der Waals surface area contributed by atoms with Gasteiger partial charge in [-0.05, 0) is 30.3 Å². The van der Waals surface area contributed by atoms with E-state index in [1.165, 1.54) is 11.1 Å².